The summed E-state index contributed by atoms with van der Waals surface area (Å²) in [5, 5.41) is 12.5. The molecule has 35 heavy (non-hydrogen) atoms. The number of rotatable bonds is 12. The summed E-state index contributed by atoms with van der Waals surface area (Å²) in [4.78, 5) is 60.0. The number of imide groups is 1. The van der Waals surface area contributed by atoms with Crippen LogP contribution in [0.4, 0.5) is 0 Å². The van der Waals surface area contributed by atoms with Gasteiger partial charge in [-0.3, -0.25) is 24.1 Å². The van der Waals surface area contributed by atoms with Gasteiger partial charge in [0.15, 0.2) is 0 Å². The fourth-order valence-electron chi connectivity index (χ4n) is 5.11. The molecule has 194 valence electrons. The van der Waals surface area contributed by atoms with Crippen molar-refractivity contribution in [2.24, 2.45) is 11.8 Å². The predicted molar refractivity (Wildman–Crippen MR) is 125 cm³/mol. The van der Waals surface area contributed by atoms with Gasteiger partial charge in [0.2, 0.25) is 11.8 Å². The molecule has 0 aromatic heterocycles. The molecule has 11 nitrogen and oxygen atoms in total. The molecule has 1 saturated carbocycles. The Kier molecular flexibility index (Phi) is 10.3. The lowest BCUT2D eigenvalue weighted by Crippen LogP contribution is -2.38. The fraction of sp³-hybridized carbons (Fsp3) is 0.739. The number of amides is 4. The van der Waals surface area contributed by atoms with Gasteiger partial charge in [-0.15, -0.1) is 9.42 Å². The highest BCUT2D eigenvalue weighted by Crippen LogP contribution is 2.30. The molecule has 2 unspecified atom stereocenters. The summed E-state index contributed by atoms with van der Waals surface area (Å²) in [5.41, 5.74) is 0. The van der Waals surface area contributed by atoms with Gasteiger partial charge < -0.3 is 15.3 Å². The van der Waals surface area contributed by atoms with Gasteiger partial charge in [0.25, 0.3) is 11.8 Å². The quantitative estimate of drug-likeness (QED) is 0.199. The number of carbonyl (C=O) groups is 4. The van der Waals surface area contributed by atoms with Crippen LogP contribution in [-0.4, -0.2) is 81.8 Å². The second-order valence-corrected chi connectivity index (χ2v) is 10.2. The molecule has 12 heteroatoms. The number of hydrogen-bond donors (Lipinski definition) is 3. The largest absolute Gasteiger partial charge is 0.695 e. The highest BCUT2D eigenvalue weighted by Gasteiger charge is 2.39. The Morgan fingerprint density at radius 3 is 2.40 bits per heavy atom. The second kappa shape index (κ2) is 13.2. The summed E-state index contributed by atoms with van der Waals surface area (Å²) in [6.07, 6.45) is 7.96. The highest BCUT2D eigenvalue weighted by molar-refractivity contribution is 7.32. The van der Waals surface area contributed by atoms with Crippen LogP contribution in [0.3, 0.4) is 0 Å². The smallest absolute Gasteiger partial charge is 0.394 e. The summed E-state index contributed by atoms with van der Waals surface area (Å²) in [6.45, 7) is 0.945. The van der Waals surface area contributed by atoms with Crippen molar-refractivity contribution in [3.8, 4) is 0 Å². The zero-order valence-electron chi connectivity index (χ0n) is 19.8. The maximum atomic E-state index is 12.5. The van der Waals surface area contributed by atoms with Crippen molar-refractivity contribution in [1.29, 1.82) is 0 Å². The van der Waals surface area contributed by atoms with Crippen LogP contribution in [0.15, 0.2) is 12.2 Å². The fourth-order valence-corrected chi connectivity index (χ4v) is 5.52. The standard InChI is InChI=1S/C23H34N3O8P/c27-15-18-12-19(34-35(32)33)14-25(18)20(28)4-2-1-3-11-24-23(31)17-7-5-16(6-8-17)13-26-21(29)9-10-22(26)30/h9-10,16-19,27H,1-8,11-15H2,(H-,24,31,32,33)/p+1/t16?,17?,18-,19?/m0/s1. The molecule has 3 N–H and O–H groups in total. The predicted octanol–water partition coefficient (Wildman–Crippen LogP) is 1.02. The van der Waals surface area contributed by atoms with E-state index in [1.54, 1.807) is 0 Å². The lowest BCUT2D eigenvalue weighted by molar-refractivity contribution is -0.138. The Balaban J connectivity index is 1.25. The first-order valence-corrected chi connectivity index (χ1v) is 13.5. The van der Waals surface area contributed by atoms with E-state index in [9.17, 15) is 28.8 Å². The average molecular weight is 513 g/mol. The number of unbranched alkanes of at least 4 members (excludes halogenated alkanes) is 2. The molecule has 0 spiro atoms. The van der Waals surface area contributed by atoms with Crippen molar-refractivity contribution in [1.82, 2.24) is 15.1 Å². The van der Waals surface area contributed by atoms with Crippen LogP contribution in [0.1, 0.15) is 57.8 Å². The molecule has 0 radical (unpaired) electrons. The number of aliphatic hydroxyl groups is 1. The van der Waals surface area contributed by atoms with Gasteiger partial charge in [0, 0.05) is 48.6 Å². The molecular formula is C23H35N3O8P+. The third kappa shape index (κ3) is 7.90. The first kappa shape index (κ1) is 27.4. The lowest BCUT2D eigenvalue weighted by Gasteiger charge is -2.30. The molecule has 2 heterocycles. The third-order valence-corrected chi connectivity index (χ3v) is 7.55. The number of carbonyl (C=O) groups excluding carboxylic acids is 4. The normalized spacial score (nSPS) is 27.0. The van der Waals surface area contributed by atoms with E-state index in [4.69, 9.17) is 9.42 Å². The summed E-state index contributed by atoms with van der Waals surface area (Å²) < 4.78 is 15.7. The van der Waals surface area contributed by atoms with Gasteiger partial charge in [-0.05, 0) is 44.4 Å². The van der Waals surface area contributed by atoms with E-state index in [0.717, 1.165) is 38.5 Å². The van der Waals surface area contributed by atoms with Gasteiger partial charge in [0.05, 0.1) is 19.2 Å². The second-order valence-electron chi connectivity index (χ2n) is 9.52. The van der Waals surface area contributed by atoms with E-state index in [-0.39, 0.29) is 48.6 Å². The molecule has 4 amide bonds. The molecule has 3 atom stereocenters. The van der Waals surface area contributed by atoms with Crippen molar-refractivity contribution in [2.45, 2.75) is 69.9 Å². The van der Waals surface area contributed by atoms with Crippen LogP contribution in [0.5, 0.6) is 0 Å². The van der Waals surface area contributed by atoms with Crippen LogP contribution in [0, 0.1) is 11.8 Å². The van der Waals surface area contributed by atoms with Crippen LogP contribution < -0.4 is 5.32 Å². The summed E-state index contributed by atoms with van der Waals surface area (Å²) in [5.74, 6) is -0.418. The summed E-state index contributed by atoms with van der Waals surface area (Å²) >= 11 is 0. The van der Waals surface area contributed by atoms with Crippen molar-refractivity contribution < 1.29 is 38.3 Å². The first-order valence-electron chi connectivity index (χ1n) is 12.3. The van der Waals surface area contributed by atoms with Crippen molar-refractivity contribution >= 4 is 31.9 Å². The monoisotopic (exact) mass is 512 g/mol. The van der Waals surface area contributed by atoms with Gasteiger partial charge in [-0.2, -0.15) is 0 Å². The maximum absolute atomic E-state index is 12.5. The number of nitrogens with one attached hydrogen (secondary N) is 1. The van der Waals surface area contributed by atoms with E-state index in [0.29, 0.717) is 32.4 Å². The lowest BCUT2D eigenvalue weighted by atomic mass is 9.81. The minimum Gasteiger partial charge on any atom is -0.394 e. The average Bonchev–Trinajstić information content (AvgIpc) is 3.38. The number of likely N-dealkylation sites (tertiary alicyclic amines) is 1. The van der Waals surface area contributed by atoms with Crippen LogP contribution in [-0.2, 0) is 28.3 Å². The zero-order chi connectivity index (χ0) is 25.4. The van der Waals surface area contributed by atoms with E-state index in [1.807, 2.05) is 0 Å². The Morgan fingerprint density at radius 1 is 1.09 bits per heavy atom. The summed E-state index contributed by atoms with van der Waals surface area (Å²) in [6, 6.07) is -0.398. The van der Waals surface area contributed by atoms with Gasteiger partial charge in [0.1, 0.15) is 6.10 Å². The minimum absolute atomic E-state index is 0.0330. The molecule has 3 rings (SSSR count). The van der Waals surface area contributed by atoms with Crippen molar-refractivity contribution in [2.75, 3.05) is 26.2 Å². The number of aliphatic hydroxyl groups excluding tert-OH is 1. The van der Waals surface area contributed by atoms with Crippen LogP contribution in [0.2, 0.25) is 0 Å². The van der Waals surface area contributed by atoms with Gasteiger partial charge >= 0.3 is 8.25 Å². The van der Waals surface area contributed by atoms with Gasteiger partial charge in [-0.25, -0.2) is 0 Å². The first-order chi connectivity index (χ1) is 16.8. The van der Waals surface area contributed by atoms with Crippen molar-refractivity contribution in [3.63, 3.8) is 0 Å². The topological polar surface area (TPSA) is 154 Å². The Morgan fingerprint density at radius 2 is 1.77 bits per heavy atom. The summed E-state index contributed by atoms with van der Waals surface area (Å²) in [7, 11) is -2.74. The Bertz CT molecular complexity index is 825. The van der Waals surface area contributed by atoms with E-state index in [1.165, 1.54) is 22.0 Å². The SMILES string of the molecule is O=C(NCCCCCC(=O)N1CC(O[P+](=O)O)C[C@H]1CO)C1CCC(CN2C(=O)C=CC2=O)CC1. The number of nitrogens with zero attached hydrogens (tertiary/aromatic N) is 2. The van der Waals surface area contributed by atoms with Gasteiger partial charge in [-0.1, -0.05) is 6.42 Å². The zero-order valence-corrected chi connectivity index (χ0v) is 20.7. The highest BCUT2D eigenvalue weighted by atomic mass is 31.1. The van der Waals surface area contributed by atoms with Crippen molar-refractivity contribution in [3.05, 3.63) is 12.2 Å². The molecule has 1 aliphatic carbocycles. The molecule has 1 saturated heterocycles. The molecule has 0 bridgehead atoms. The molecule has 3 aliphatic rings. The molecule has 0 aromatic carbocycles. The van der Waals surface area contributed by atoms with E-state index in [2.05, 4.69) is 5.32 Å². The molecule has 0 aromatic rings. The molecule has 2 aliphatic heterocycles. The maximum Gasteiger partial charge on any atom is 0.695 e. The molecular weight excluding hydrogens is 477 g/mol. The number of hydrogen-bond acceptors (Lipinski definition) is 7. The Hall–Kier alpha value is -2.20. The molecule has 2 fully saturated rings. The van der Waals surface area contributed by atoms with Crippen LogP contribution >= 0.6 is 8.25 Å². The minimum atomic E-state index is -2.74. The van der Waals surface area contributed by atoms with Crippen LogP contribution in [0.25, 0.3) is 0 Å². The third-order valence-electron chi connectivity index (χ3n) is 7.07. The Labute approximate surface area is 205 Å². The van der Waals surface area contributed by atoms with E-state index < -0.39 is 20.4 Å². The van der Waals surface area contributed by atoms with E-state index >= 15 is 0 Å².